The van der Waals surface area contributed by atoms with Crippen LogP contribution in [-0.4, -0.2) is 69.3 Å². The van der Waals surface area contributed by atoms with Gasteiger partial charge in [0.2, 0.25) is 11.4 Å². The van der Waals surface area contributed by atoms with E-state index in [1.165, 1.54) is 36.4 Å². The first-order valence-corrected chi connectivity index (χ1v) is 21.3. The molecule has 0 fully saturated rings. The molecular formula is C50H35F18N2+. The molecule has 0 unspecified atom stereocenters. The number of allylic oxidation sites excluding steroid dienone is 6. The minimum Gasteiger partial charge on any atom is -0.340 e. The van der Waals surface area contributed by atoms with E-state index >= 15 is 17.6 Å². The highest BCUT2D eigenvalue weighted by molar-refractivity contribution is 6.19. The number of hydrogen-bond donors (Lipinski definition) is 0. The fourth-order valence-electron chi connectivity index (χ4n) is 9.14. The zero-order chi connectivity index (χ0) is 51.0. The fourth-order valence-corrected chi connectivity index (χ4v) is 9.14. The molecule has 0 saturated carbocycles. The second kappa shape index (κ2) is 17.3. The fraction of sp³-hybridized carbons (Fsp3) is 0.300. The highest BCUT2D eigenvalue weighted by Crippen LogP contribution is 2.56. The van der Waals surface area contributed by atoms with Crippen LogP contribution in [0.2, 0.25) is 0 Å². The normalized spacial score (nSPS) is 17.0. The van der Waals surface area contributed by atoms with Crippen molar-refractivity contribution in [2.24, 2.45) is 0 Å². The summed E-state index contributed by atoms with van der Waals surface area (Å²) in [4.78, 5) is 0. The quantitative estimate of drug-likeness (QED) is 0.0759. The lowest BCUT2D eigenvalue weighted by Crippen LogP contribution is -2.61. The summed E-state index contributed by atoms with van der Waals surface area (Å²) in [6.45, 7) is -2.29. The molecule has 1 aliphatic carbocycles. The van der Waals surface area contributed by atoms with Gasteiger partial charge < -0.3 is 4.57 Å². The number of halogens is 18. The van der Waals surface area contributed by atoms with Crippen LogP contribution in [0.15, 0.2) is 133 Å². The number of benzene rings is 5. The Kier molecular flexibility index (Phi) is 12.4. The van der Waals surface area contributed by atoms with Gasteiger partial charge in [-0.1, -0.05) is 97.1 Å². The average Bonchev–Trinajstić information content (AvgIpc) is 3.78. The molecule has 1 aliphatic heterocycles. The van der Waals surface area contributed by atoms with Crippen LogP contribution in [0.4, 0.5) is 84.7 Å². The van der Waals surface area contributed by atoms with E-state index in [0.717, 1.165) is 9.14 Å². The lowest BCUT2D eigenvalue weighted by Gasteiger charge is -2.33. The van der Waals surface area contributed by atoms with E-state index in [1.807, 2.05) is 0 Å². The number of hydrogen-bond acceptors (Lipinski definition) is 0. The SMILES string of the molecule is FC(F)(F)C(F)(F)C(F)(F)C(F)(F)CCn1/c(=C/C=C2\CCCC(/C=C/C3=[N+](CCC(F)(F)C(F)(F)C(F)(F)C(F)(F)F)c4cccc5cccc3c45)=C2c2ccccc2)c2cccc3cccc1c32. The molecule has 0 N–H and O–H groups in total. The van der Waals surface area contributed by atoms with Crippen molar-refractivity contribution in [3.05, 3.63) is 149 Å². The average molecular weight is 1010 g/mol. The van der Waals surface area contributed by atoms with Crippen LogP contribution in [0.5, 0.6) is 0 Å². The van der Waals surface area contributed by atoms with Gasteiger partial charge in [-0.2, -0.15) is 83.6 Å². The van der Waals surface area contributed by atoms with Crippen molar-refractivity contribution in [1.29, 1.82) is 0 Å². The van der Waals surface area contributed by atoms with Crippen molar-refractivity contribution >= 4 is 55.5 Å². The highest BCUT2D eigenvalue weighted by Gasteiger charge is 2.82. The van der Waals surface area contributed by atoms with Gasteiger partial charge in [-0.25, -0.2) is 0 Å². The molecule has 8 rings (SSSR count). The first kappa shape index (κ1) is 50.2. The second-order valence-corrected chi connectivity index (χ2v) is 16.9. The minimum absolute atomic E-state index is 0.106. The maximum absolute atomic E-state index is 15.0. The van der Waals surface area contributed by atoms with E-state index in [-0.39, 0.29) is 22.3 Å². The van der Waals surface area contributed by atoms with Crippen molar-refractivity contribution in [3.8, 4) is 0 Å². The summed E-state index contributed by atoms with van der Waals surface area (Å²) in [6, 6.07) is 27.4. The van der Waals surface area contributed by atoms with Crippen LogP contribution in [0.25, 0.3) is 44.1 Å². The Bertz CT molecular complexity index is 3160. The van der Waals surface area contributed by atoms with Gasteiger partial charge in [-0.15, -0.1) is 0 Å². The molecule has 2 heterocycles. The van der Waals surface area contributed by atoms with E-state index < -0.39 is 73.8 Å². The van der Waals surface area contributed by atoms with Gasteiger partial charge >= 0.3 is 47.9 Å². The zero-order valence-corrected chi connectivity index (χ0v) is 35.8. The number of nitrogens with zero attached hydrogens (tertiary/aromatic N) is 2. The van der Waals surface area contributed by atoms with E-state index in [0.29, 0.717) is 74.0 Å². The number of rotatable bonds is 14. The molecule has 370 valence electrons. The van der Waals surface area contributed by atoms with E-state index in [9.17, 15) is 61.5 Å². The summed E-state index contributed by atoms with van der Waals surface area (Å²) in [7, 11) is 0. The molecule has 0 saturated heterocycles. The van der Waals surface area contributed by atoms with Crippen LogP contribution in [0, 0.1) is 0 Å². The summed E-state index contributed by atoms with van der Waals surface area (Å²) >= 11 is 0. The molecule has 2 aliphatic rings. The predicted octanol–water partition coefficient (Wildman–Crippen LogP) is 15.4. The van der Waals surface area contributed by atoms with E-state index in [1.54, 1.807) is 91.0 Å². The predicted molar refractivity (Wildman–Crippen MR) is 227 cm³/mol. The maximum Gasteiger partial charge on any atom is 0.460 e. The summed E-state index contributed by atoms with van der Waals surface area (Å²) in [5.74, 6) is -39.5. The standard InChI is InChI=1S/C50H35F18N2/c51-43(52,45(55,56)47(59,60)49(63,64)65)25-27-69-36(34-17-5-13-30-15-7-19-38(69)41(30)34)23-21-32-11-4-12-33(40(32)29-9-2-1-3-10-29)22-24-37-35-18-6-14-31-16-8-20-39(42(31)35)70(37)28-26-44(53,54)46(57,58)48(61,62)50(66,67)68/h1-3,5-10,13-24H,4,11-12,25-28H2/q+1. The molecule has 0 atom stereocenters. The number of alkyl halides is 18. The van der Waals surface area contributed by atoms with Gasteiger partial charge in [0.25, 0.3) is 0 Å². The molecule has 0 bridgehead atoms. The lowest BCUT2D eigenvalue weighted by molar-refractivity contribution is -0.452. The van der Waals surface area contributed by atoms with Gasteiger partial charge in [-0.05, 0) is 70.5 Å². The van der Waals surface area contributed by atoms with Gasteiger partial charge in [-0.3, -0.25) is 0 Å². The lowest BCUT2D eigenvalue weighted by atomic mass is 9.82. The van der Waals surface area contributed by atoms with Gasteiger partial charge in [0.05, 0.1) is 17.4 Å². The monoisotopic (exact) mass is 1010 g/mol. The smallest absolute Gasteiger partial charge is 0.340 e. The van der Waals surface area contributed by atoms with E-state index in [2.05, 4.69) is 0 Å². The van der Waals surface area contributed by atoms with E-state index in [4.69, 9.17) is 0 Å². The largest absolute Gasteiger partial charge is 0.460 e. The van der Waals surface area contributed by atoms with Crippen LogP contribution in [0.3, 0.4) is 0 Å². The molecule has 1 aromatic heterocycles. The molecule has 2 nitrogen and oxygen atoms in total. The highest BCUT2D eigenvalue weighted by atomic mass is 19.4. The van der Waals surface area contributed by atoms with Crippen LogP contribution in [-0.2, 0) is 6.54 Å². The molecule has 0 amide bonds. The third kappa shape index (κ3) is 8.11. The zero-order valence-electron chi connectivity index (χ0n) is 35.8. The van der Waals surface area contributed by atoms with Crippen molar-refractivity contribution in [2.75, 3.05) is 6.54 Å². The summed E-state index contributed by atoms with van der Waals surface area (Å²) in [6.07, 6.45) is -11.0. The number of aromatic nitrogens is 1. The Morgan fingerprint density at radius 2 is 1.07 bits per heavy atom. The molecule has 70 heavy (non-hydrogen) atoms. The van der Waals surface area contributed by atoms with Gasteiger partial charge in [0.1, 0.15) is 0 Å². The Labute approximate surface area is 385 Å². The first-order chi connectivity index (χ1) is 32.6. The third-order valence-electron chi connectivity index (χ3n) is 12.7. The maximum atomic E-state index is 15.0. The number of aryl methyl sites for hydroxylation is 1. The first-order valence-electron chi connectivity index (χ1n) is 21.3. The Morgan fingerprint density at radius 1 is 0.514 bits per heavy atom. The topological polar surface area (TPSA) is 7.94 Å². The van der Waals surface area contributed by atoms with Crippen LogP contribution < -0.4 is 5.35 Å². The van der Waals surface area contributed by atoms with Crippen molar-refractivity contribution in [1.82, 2.24) is 4.57 Å². The van der Waals surface area contributed by atoms with Crippen LogP contribution in [0.1, 0.15) is 43.2 Å². The molecule has 5 aromatic carbocycles. The van der Waals surface area contributed by atoms with Crippen molar-refractivity contribution < 1.29 is 83.6 Å². The van der Waals surface area contributed by atoms with Crippen molar-refractivity contribution in [3.63, 3.8) is 0 Å². The molecule has 6 aromatic rings. The Morgan fingerprint density at radius 3 is 1.69 bits per heavy atom. The second-order valence-electron chi connectivity index (χ2n) is 16.9. The minimum atomic E-state index is -7.08. The summed E-state index contributed by atoms with van der Waals surface area (Å²) in [5.41, 5.74) is 3.20. The molecular weight excluding hydrogens is 971 g/mol. The molecule has 20 heteroatoms. The summed E-state index contributed by atoms with van der Waals surface area (Å²) < 4.78 is 254. The van der Waals surface area contributed by atoms with Crippen LogP contribution >= 0.6 is 0 Å². The molecule has 0 spiro atoms. The van der Waals surface area contributed by atoms with Gasteiger partial charge in [0, 0.05) is 46.7 Å². The van der Waals surface area contributed by atoms with Gasteiger partial charge in [0.15, 0.2) is 6.54 Å². The van der Waals surface area contributed by atoms with Crippen molar-refractivity contribution in [2.45, 2.75) is 86.5 Å². The Balaban J connectivity index is 1.24. The summed E-state index contributed by atoms with van der Waals surface area (Å²) in [5, 5.41) is 2.50. The molecule has 0 radical (unpaired) electrons. The Hall–Kier alpha value is -6.21. The third-order valence-corrected chi connectivity index (χ3v) is 12.7.